The fourth-order valence-electron chi connectivity index (χ4n) is 7.15. The quantitative estimate of drug-likeness (QED) is 0.304. The lowest BCUT2D eigenvalue weighted by atomic mass is 9.68. The largest absolute Gasteiger partial charge is 0.350 e. The zero-order valence-electron chi connectivity index (χ0n) is 30.3. The van der Waals surface area contributed by atoms with Crippen LogP contribution in [0.5, 0.6) is 0 Å². The van der Waals surface area contributed by atoms with Crippen LogP contribution >= 0.6 is 0 Å². The van der Waals surface area contributed by atoms with Crippen molar-refractivity contribution < 1.29 is 37.9 Å². The van der Waals surface area contributed by atoms with Crippen molar-refractivity contribution in [2.75, 3.05) is 13.2 Å². The molecule has 0 aliphatic carbocycles. The first-order chi connectivity index (χ1) is 19.2. The summed E-state index contributed by atoms with van der Waals surface area (Å²) < 4.78 is 52.0. The van der Waals surface area contributed by atoms with Crippen LogP contribution in [-0.2, 0) is 37.9 Å². The van der Waals surface area contributed by atoms with Crippen LogP contribution < -0.4 is 0 Å². The maximum absolute atomic E-state index is 6.76. The summed E-state index contributed by atoms with van der Waals surface area (Å²) in [6, 6.07) is 0. The Labute approximate surface area is 262 Å². The molecule has 8 nitrogen and oxygen atoms in total. The molecule has 4 fully saturated rings. The molecule has 0 unspecified atom stereocenters. The van der Waals surface area contributed by atoms with Crippen LogP contribution in [0.3, 0.4) is 0 Å². The van der Waals surface area contributed by atoms with Crippen molar-refractivity contribution in [2.45, 2.75) is 190 Å². The molecule has 0 aromatic carbocycles. The van der Waals surface area contributed by atoms with Crippen LogP contribution in [0.25, 0.3) is 0 Å². The van der Waals surface area contributed by atoms with Gasteiger partial charge in [0.1, 0.15) is 0 Å². The Kier molecular flexibility index (Phi) is 9.21. The third-order valence-corrected chi connectivity index (χ3v) is 10.5. The van der Waals surface area contributed by atoms with Gasteiger partial charge in [0.2, 0.25) is 0 Å². The van der Waals surface area contributed by atoms with Crippen LogP contribution in [0.2, 0.25) is 0 Å². The highest BCUT2D eigenvalue weighted by atomic mass is 16.7. The molecule has 0 bridgehead atoms. The second-order valence-electron chi connectivity index (χ2n) is 18.1. The lowest BCUT2D eigenvalue weighted by Crippen LogP contribution is -2.63. The van der Waals surface area contributed by atoms with Crippen LogP contribution in [0.1, 0.15) is 130 Å². The van der Waals surface area contributed by atoms with Gasteiger partial charge >= 0.3 is 0 Å². The van der Waals surface area contributed by atoms with E-state index in [1.165, 1.54) is 0 Å². The minimum absolute atomic E-state index is 0.0127. The molecule has 4 aliphatic heterocycles. The van der Waals surface area contributed by atoms with Crippen molar-refractivity contribution >= 4 is 0 Å². The highest BCUT2D eigenvalue weighted by molar-refractivity contribution is 5.02. The maximum Gasteiger partial charge on any atom is 0.163 e. The second kappa shape index (κ2) is 11.1. The third kappa shape index (κ3) is 7.81. The molecule has 0 aromatic heterocycles. The molecule has 8 heteroatoms. The van der Waals surface area contributed by atoms with E-state index in [9.17, 15) is 0 Å². The van der Waals surface area contributed by atoms with Gasteiger partial charge < -0.3 is 37.9 Å². The van der Waals surface area contributed by atoms with Crippen molar-refractivity contribution in [3.63, 3.8) is 0 Å². The molecule has 4 rings (SSSR count). The van der Waals surface area contributed by atoms with Crippen molar-refractivity contribution in [1.29, 1.82) is 0 Å². The van der Waals surface area contributed by atoms with E-state index in [-0.39, 0.29) is 58.3 Å². The van der Waals surface area contributed by atoms with E-state index in [1.54, 1.807) is 0 Å². The van der Waals surface area contributed by atoms with Crippen molar-refractivity contribution in [1.82, 2.24) is 0 Å². The van der Waals surface area contributed by atoms with E-state index in [0.29, 0.717) is 13.2 Å². The fourth-order valence-corrected chi connectivity index (χ4v) is 7.15. The van der Waals surface area contributed by atoms with Crippen LogP contribution in [0.15, 0.2) is 0 Å². The van der Waals surface area contributed by atoms with E-state index in [4.69, 9.17) is 37.9 Å². The van der Waals surface area contributed by atoms with Crippen LogP contribution in [0, 0.1) is 21.7 Å². The molecule has 6 atom stereocenters. The molecular weight excluding hydrogens is 548 g/mol. The van der Waals surface area contributed by atoms with Gasteiger partial charge in [-0.15, -0.1) is 0 Å². The average Bonchev–Trinajstić information content (AvgIpc) is 2.80. The summed E-state index contributed by atoms with van der Waals surface area (Å²) >= 11 is 0. The number of ether oxygens (including phenoxy) is 8. The summed E-state index contributed by atoms with van der Waals surface area (Å²) in [6.45, 7) is 35.3. The summed E-state index contributed by atoms with van der Waals surface area (Å²) in [7, 11) is 0. The summed E-state index contributed by atoms with van der Waals surface area (Å²) in [5.41, 5.74) is -0.871. The molecule has 0 amide bonds. The molecule has 0 saturated carbocycles. The van der Waals surface area contributed by atoms with Crippen molar-refractivity contribution in [3.8, 4) is 0 Å². The van der Waals surface area contributed by atoms with E-state index in [2.05, 4.69) is 55.4 Å². The standard InChI is InChI=1S/C35H64O8/c1-28(2)20-36-32(9,10)38-22(28)17-24-30(5,6)26(42-34(13,14)40-24)19-27-31(7,8)25(41-35(15,16)43-27)18-23-29(3,4)21-37-33(11,12)39-23/h22-27H,17-21H2,1-16H3/t22-,23-,24-,25-,26+,27+/m0/s1. The minimum atomic E-state index is -0.745. The molecule has 0 N–H and O–H groups in total. The number of rotatable bonds is 6. The monoisotopic (exact) mass is 612 g/mol. The first-order valence-corrected chi connectivity index (χ1v) is 16.5. The smallest absolute Gasteiger partial charge is 0.163 e. The van der Waals surface area contributed by atoms with E-state index < -0.39 is 23.1 Å². The summed E-state index contributed by atoms with van der Waals surface area (Å²) in [4.78, 5) is 0. The average molecular weight is 613 g/mol. The van der Waals surface area contributed by atoms with Gasteiger partial charge in [-0.1, -0.05) is 55.4 Å². The van der Waals surface area contributed by atoms with E-state index in [0.717, 1.165) is 19.3 Å². The van der Waals surface area contributed by atoms with Crippen molar-refractivity contribution in [3.05, 3.63) is 0 Å². The normalized spacial score (nSPS) is 40.5. The molecule has 0 radical (unpaired) electrons. The first kappa shape index (κ1) is 35.5. The topological polar surface area (TPSA) is 73.8 Å². The van der Waals surface area contributed by atoms with Gasteiger partial charge in [-0.25, -0.2) is 0 Å². The summed E-state index contributed by atoms with van der Waals surface area (Å²) in [6.07, 6.45) is 1.84. The van der Waals surface area contributed by atoms with Gasteiger partial charge in [-0.3, -0.25) is 0 Å². The van der Waals surface area contributed by atoms with Crippen LogP contribution in [0.4, 0.5) is 0 Å². The van der Waals surface area contributed by atoms with Crippen molar-refractivity contribution in [2.24, 2.45) is 21.7 Å². The van der Waals surface area contributed by atoms with Gasteiger partial charge in [-0.05, 0) is 55.4 Å². The Balaban J connectivity index is 1.57. The second-order valence-corrected chi connectivity index (χ2v) is 18.1. The predicted octanol–water partition coefficient (Wildman–Crippen LogP) is 7.60. The highest BCUT2D eigenvalue weighted by Crippen LogP contribution is 2.51. The first-order valence-electron chi connectivity index (χ1n) is 16.5. The minimum Gasteiger partial charge on any atom is -0.350 e. The molecule has 4 heterocycles. The third-order valence-electron chi connectivity index (χ3n) is 10.5. The maximum atomic E-state index is 6.76. The number of hydrogen-bond donors (Lipinski definition) is 0. The summed E-state index contributed by atoms with van der Waals surface area (Å²) in [5.74, 6) is -2.73. The van der Waals surface area contributed by atoms with Gasteiger partial charge in [0.05, 0.1) is 49.8 Å². The molecule has 4 saturated heterocycles. The number of hydrogen-bond acceptors (Lipinski definition) is 8. The zero-order valence-corrected chi connectivity index (χ0v) is 30.3. The Morgan fingerprint density at radius 1 is 0.349 bits per heavy atom. The Morgan fingerprint density at radius 3 is 0.860 bits per heavy atom. The van der Waals surface area contributed by atoms with Gasteiger partial charge in [-0.2, -0.15) is 0 Å². The fraction of sp³-hybridized carbons (Fsp3) is 1.00. The molecule has 43 heavy (non-hydrogen) atoms. The molecule has 4 aliphatic rings. The molecule has 0 spiro atoms. The SMILES string of the molecule is CC1(C)OCC(C)(C)[C@H](C[C@@H]2OC(C)(C)O[C@H](C[C@H]3OC(C)(C)O[C@@H](C[C@@H]4OC(C)(C)OCC4(C)C)C3(C)C)C2(C)C)O1. The Morgan fingerprint density at radius 2 is 0.581 bits per heavy atom. The predicted molar refractivity (Wildman–Crippen MR) is 166 cm³/mol. The Bertz CT molecular complexity index is 916. The Hall–Kier alpha value is -0.320. The van der Waals surface area contributed by atoms with Gasteiger partial charge in [0, 0.05) is 40.9 Å². The van der Waals surface area contributed by atoms with Gasteiger partial charge in [0.25, 0.3) is 0 Å². The van der Waals surface area contributed by atoms with Crippen LogP contribution in [-0.4, -0.2) is 73.0 Å². The lowest BCUT2D eigenvalue weighted by Gasteiger charge is -2.57. The van der Waals surface area contributed by atoms with E-state index in [1.807, 2.05) is 55.4 Å². The molecule has 252 valence electrons. The van der Waals surface area contributed by atoms with E-state index >= 15 is 0 Å². The molecular formula is C35H64O8. The summed E-state index contributed by atoms with van der Waals surface area (Å²) in [5, 5.41) is 0. The van der Waals surface area contributed by atoms with Gasteiger partial charge in [0.15, 0.2) is 23.1 Å². The lowest BCUT2D eigenvalue weighted by molar-refractivity contribution is -0.381. The molecule has 0 aromatic rings. The highest BCUT2D eigenvalue weighted by Gasteiger charge is 2.57. The zero-order chi connectivity index (χ0) is 32.7.